The fourth-order valence-electron chi connectivity index (χ4n) is 7.71. The molecule has 0 radical (unpaired) electrons. The number of amides is 4. The standard InChI is InChI=1S/C40H43FN6O9S/c1-22-10-12-23(13-11-22)34-43-32-28-18-25(41)14-17-31(28)56-33(32)36(44-34)55-26-19-30-35(48)45-40(38(50)46-57(52,53)27-15-16-27)20-24(40)8-6-4-3-5-7-9-29(42-39(51)54-2)37(49)47(30)21-26/h6,8,10-14,17-18,24,26-27,29-30H,3-5,7,9,15-16,19-21H2,1-2H3,(H,42,51)(H,45,48)(H,46,50)/t24-,26-,29+,30+,40-/m1/s1. The third kappa shape index (κ3) is 7.76. The maximum atomic E-state index is 14.5. The number of methoxy groups -OCH3 is 1. The van der Waals surface area contributed by atoms with E-state index in [1.165, 1.54) is 30.2 Å². The zero-order valence-corrected chi connectivity index (χ0v) is 32.3. The predicted octanol–water partition coefficient (Wildman–Crippen LogP) is 4.57. The molecule has 4 aliphatic rings. The number of allylic oxidation sites excluding steroid dienone is 1. The van der Waals surface area contributed by atoms with Gasteiger partial charge in [0.25, 0.3) is 11.8 Å². The number of alkyl carbamates (subject to hydrolysis) is 1. The van der Waals surface area contributed by atoms with Crippen LogP contribution in [0, 0.1) is 18.7 Å². The van der Waals surface area contributed by atoms with Crippen molar-refractivity contribution in [3.63, 3.8) is 0 Å². The molecule has 2 aliphatic carbocycles. The second-order valence-electron chi connectivity index (χ2n) is 15.3. The van der Waals surface area contributed by atoms with Gasteiger partial charge in [-0.25, -0.2) is 22.6 Å². The summed E-state index contributed by atoms with van der Waals surface area (Å²) in [5, 5.41) is 5.21. The second kappa shape index (κ2) is 15.1. The fraction of sp³-hybridized carbons (Fsp3) is 0.450. The normalized spacial score (nSPS) is 25.5. The van der Waals surface area contributed by atoms with E-state index >= 15 is 0 Å². The van der Waals surface area contributed by atoms with Gasteiger partial charge in [-0.3, -0.25) is 19.1 Å². The van der Waals surface area contributed by atoms with Gasteiger partial charge in [0, 0.05) is 23.3 Å². The Morgan fingerprint density at radius 3 is 2.60 bits per heavy atom. The molecule has 2 saturated carbocycles. The monoisotopic (exact) mass is 802 g/mol. The van der Waals surface area contributed by atoms with Crippen LogP contribution in [0.5, 0.6) is 5.88 Å². The first-order valence-electron chi connectivity index (χ1n) is 19.2. The minimum absolute atomic E-state index is 0.00513. The first kappa shape index (κ1) is 38.3. The summed E-state index contributed by atoms with van der Waals surface area (Å²) < 4.78 is 59.9. The van der Waals surface area contributed by atoms with Crippen molar-refractivity contribution in [3.8, 4) is 17.3 Å². The van der Waals surface area contributed by atoms with Crippen molar-refractivity contribution in [2.75, 3.05) is 13.7 Å². The van der Waals surface area contributed by atoms with Gasteiger partial charge in [0.05, 0.1) is 18.9 Å². The lowest BCUT2D eigenvalue weighted by molar-refractivity contribution is -0.141. The Hall–Kier alpha value is -5.58. The van der Waals surface area contributed by atoms with E-state index in [9.17, 15) is 32.0 Å². The second-order valence-corrected chi connectivity index (χ2v) is 17.3. The van der Waals surface area contributed by atoms with Crippen LogP contribution in [-0.4, -0.2) is 89.7 Å². The maximum Gasteiger partial charge on any atom is 0.407 e. The number of nitrogens with zero attached hydrogens (tertiary/aromatic N) is 3. The molecule has 2 aromatic carbocycles. The van der Waals surface area contributed by atoms with Gasteiger partial charge in [-0.1, -0.05) is 54.8 Å². The number of carbonyl (C=O) groups excluding carboxylic acids is 4. The summed E-state index contributed by atoms with van der Waals surface area (Å²) in [6.07, 6.45) is 6.07. The summed E-state index contributed by atoms with van der Waals surface area (Å²) in [5.41, 5.74) is 0.897. The van der Waals surface area contributed by atoms with Gasteiger partial charge >= 0.3 is 6.09 Å². The molecule has 300 valence electrons. The Labute approximate surface area is 327 Å². The summed E-state index contributed by atoms with van der Waals surface area (Å²) in [4.78, 5) is 65.8. The smallest absolute Gasteiger partial charge is 0.407 e. The van der Waals surface area contributed by atoms with Crippen molar-refractivity contribution < 1.29 is 45.9 Å². The third-order valence-electron chi connectivity index (χ3n) is 11.2. The fourth-order valence-corrected chi connectivity index (χ4v) is 9.07. The number of furan rings is 1. The number of ether oxygens (including phenoxy) is 2. The molecule has 0 bridgehead atoms. The van der Waals surface area contributed by atoms with E-state index in [1.54, 1.807) is 0 Å². The molecule has 17 heteroatoms. The number of hydrogen-bond acceptors (Lipinski definition) is 11. The lowest BCUT2D eigenvalue weighted by atomic mass is 10.1. The number of benzene rings is 2. The molecule has 4 aromatic rings. The Bertz CT molecular complexity index is 2400. The number of nitrogens with one attached hydrogen (secondary N) is 3. The number of aromatic nitrogens is 2. The van der Waals surface area contributed by atoms with E-state index in [4.69, 9.17) is 23.9 Å². The molecule has 0 spiro atoms. The molecule has 57 heavy (non-hydrogen) atoms. The highest BCUT2D eigenvalue weighted by atomic mass is 32.2. The number of hydrogen-bond donors (Lipinski definition) is 3. The lowest BCUT2D eigenvalue weighted by Crippen LogP contribution is -2.58. The van der Waals surface area contributed by atoms with Crippen molar-refractivity contribution in [2.45, 2.75) is 93.7 Å². The van der Waals surface area contributed by atoms with Crippen molar-refractivity contribution in [1.29, 1.82) is 0 Å². The van der Waals surface area contributed by atoms with Crippen LogP contribution in [-0.2, 0) is 29.1 Å². The first-order valence-corrected chi connectivity index (χ1v) is 20.7. The number of rotatable bonds is 7. The summed E-state index contributed by atoms with van der Waals surface area (Å²) in [5.74, 6) is -2.77. The Kier molecular flexibility index (Phi) is 10.1. The van der Waals surface area contributed by atoms with Gasteiger partial charge in [-0.05, 0) is 63.6 Å². The first-order chi connectivity index (χ1) is 27.3. The Morgan fingerprint density at radius 2 is 1.84 bits per heavy atom. The quantitative estimate of drug-likeness (QED) is 0.221. The minimum Gasteiger partial charge on any atom is -0.470 e. The van der Waals surface area contributed by atoms with Crippen LogP contribution in [0.15, 0.2) is 59.0 Å². The van der Waals surface area contributed by atoms with E-state index in [1.807, 2.05) is 43.3 Å². The van der Waals surface area contributed by atoms with Crippen molar-refractivity contribution in [2.24, 2.45) is 5.92 Å². The van der Waals surface area contributed by atoms with Gasteiger partial charge in [0.2, 0.25) is 27.4 Å². The van der Waals surface area contributed by atoms with Crippen molar-refractivity contribution in [3.05, 3.63) is 66.0 Å². The highest BCUT2D eigenvalue weighted by Gasteiger charge is 2.62. The summed E-state index contributed by atoms with van der Waals surface area (Å²) in [6.45, 7) is 1.81. The molecule has 1 saturated heterocycles. The van der Waals surface area contributed by atoms with Crippen LogP contribution >= 0.6 is 0 Å². The van der Waals surface area contributed by atoms with E-state index < -0.39 is 74.5 Å². The number of sulfonamides is 1. The van der Waals surface area contributed by atoms with Gasteiger partial charge < -0.3 is 29.4 Å². The van der Waals surface area contributed by atoms with Crippen LogP contribution in [0.2, 0.25) is 0 Å². The summed E-state index contributed by atoms with van der Waals surface area (Å²) in [7, 11) is -2.74. The van der Waals surface area contributed by atoms with Crippen LogP contribution in [0.4, 0.5) is 9.18 Å². The van der Waals surface area contributed by atoms with E-state index in [0.717, 1.165) is 18.4 Å². The molecular weight excluding hydrogens is 760 g/mol. The maximum absolute atomic E-state index is 14.5. The topological polar surface area (TPSA) is 199 Å². The van der Waals surface area contributed by atoms with E-state index in [0.29, 0.717) is 47.7 Å². The average molecular weight is 803 g/mol. The highest BCUT2D eigenvalue weighted by Crippen LogP contribution is 2.46. The molecule has 4 amide bonds. The molecule has 3 N–H and O–H groups in total. The molecule has 3 fully saturated rings. The summed E-state index contributed by atoms with van der Waals surface area (Å²) >= 11 is 0. The average Bonchev–Trinajstić information content (AvgIpc) is 4.09. The van der Waals surface area contributed by atoms with E-state index in [2.05, 4.69) is 15.4 Å². The van der Waals surface area contributed by atoms with Gasteiger partial charge in [-0.15, -0.1) is 0 Å². The number of aryl methyl sites for hydroxylation is 1. The zero-order valence-electron chi connectivity index (χ0n) is 31.5. The number of fused-ring (bicyclic) bond motifs is 5. The summed E-state index contributed by atoms with van der Waals surface area (Å²) in [6, 6.07) is 9.28. The molecular formula is C40H43FN6O9S. The van der Waals surface area contributed by atoms with Gasteiger partial charge in [0.1, 0.15) is 40.6 Å². The van der Waals surface area contributed by atoms with Crippen LogP contribution in [0.25, 0.3) is 33.5 Å². The Balaban J connectivity index is 1.15. The predicted molar refractivity (Wildman–Crippen MR) is 205 cm³/mol. The molecule has 2 aromatic heterocycles. The molecule has 0 unspecified atom stereocenters. The molecule has 8 rings (SSSR count). The number of halogens is 1. The zero-order chi connectivity index (χ0) is 40.1. The molecule has 4 heterocycles. The minimum atomic E-state index is -3.93. The Morgan fingerprint density at radius 1 is 1.05 bits per heavy atom. The number of carbonyl (C=O) groups is 4. The highest BCUT2D eigenvalue weighted by molar-refractivity contribution is 7.91. The molecule has 2 aliphatic heterocycles. The molecule has 15 nitrogen and oxygen atoms in total. The van der Waals surface area contributed by atoms with E-state index in [-0.39, 0.29) is 43.1 Å². The largest absolute Gasteiger partial charge is 0.470 e. The van der Waals surface area contributed by atoms with Crippen LogP contribution in [0.3, 0.4) is 0 Å². The van der Waals surface area contributed by atoms with Gasteiger partial charge in [-0.2, -0.15) is 4.98 Å². The lowest BCUT2D eigenvalue weighted by Gasteiger charge is -2.29. The van der Waals surface area contributed by atoms with Crippen molar-refractivity contribution >= 4 is 55.9 Å². The van der Waals surface area contributed by atoms with Gasteiger partial charge in [0.15, 0.2) is 5.82 Å². The van der Waals surface area contributed by atoms with Crippen LogP contribution < -0.4 is 20.1 Å². The van der Waals surface area contributed by atoms with Crippen LogP contribution in [0.1, 0.15) is 63.4 Å². The molecule has 5 atom stereocenters. The third-order valence-corrected chi connectivity index (χ3v) is 13.0. The van der Waals surface area contributed by atoms with Crippen molar-refractivity contribution in [1.82, 2.24) is 30.2 Å². The SMILES string of the molecule is COC(=O)N[C@H]1CCCCCC=C[C@@H]2C[C@@]2(C(=O)NS(=O)(=O)C2CC2)NC(=O)[C@@H]2C[C@@H](Oc3nc(-c4ccc(C)cc4)nc4c3oc3ccc(F)cc34)CN2C1=O.